The van der Waals surface area contributed by atoms with Crippen molar-refractivity contribution in [2.24, 2.45) is 0 Å². The summed E-state index contributed by atoms with van der Waals surface area (Å²) in [5, 5.41) is 5.60. The maximum Gasteiger partial charge on any atom is 0.417 e. The van der Waals surface area contributed by atoms with Crippen molar-refractivity contribution in [3.05, 3.63) is 109 Å². The zero-order valence-corrected chi connectivity index (χ0v) is 20.7. The van der Waals surface area contributed by atoms with Crippen molar-refractivity contribution in [3.8, 4) is 0 Å². The maximum absolute atomic E-state index is 13.3. The van der Waals surface area contributed by atoms with Gasteiger partial charge in [0.25, 0.3) is 5.91 Å². The van der Waals surface area contributed by atoms with Gasteiger partial charge in [0.2, 0.25) is 6.10 Å². The average molecular weight is 548 g/mol. The smallest absolute Gasteiger partial charge is 0.417 e. The zero-order valence-electron chi connectivity index (χ0n) is 18.3. The third-order valence-electron chi connectivity index (χ3n) is 4.94. The van der Waals surface area contributed by atoms with Crippen molar-refractivity contribution in [2.75, 3.05) is 5.32 Å². The Bertz CT molecular complexity index is 1370. The first-order chi connectivity index (χ1) is 17.2. The molecule has 0 spiro atoms. The first kappa shape index (κ1) is 25.7. The Labute approximate surface area is 217 Å². The first-order valence-corrected chi connectivity index (χ1v) is 12.6. The number of hydrogen-bond acceptors (Lipinski definition) is 5. The van der Waals surface area contributed by atoms with Crippen LogP contribution in [0.25, 0.3) is 11.6 Å². The van der Waals surface area contributed by atoms with Crippen molar-refractivity contribution in [2.45, 2.75) is 12.3 Å². The molecule has 10 heteroatoms. The van der Waals surface area contributed by atoms with Crippen LogP contribution >= 0.6 is 34.3 Å². The van der Waals surface area contributed by atoms with E-state index in [4.69, 9.17) is 16.3 Å². The van der Waals surface area contributed by atoms with E-state index in [9.17, 15) is 22.8 Å². The second kappa shape index (κ2) is 11.1. The second-order valence-electron chi connectivity index (χ2n) is 7.43. The van der Waals surface area contributed by atoms with Gasteiger partial charge in [-0.3, -0.25) is 4.79 Å². The summed E-state index contributed by atoms with van der Waals surface area (Å²) < 4.78 is 45.5. The topological polar surface area (TPSA) is 55.4 Å². The van der Waals surface area contributed by atoms with E-state index in [1.54, 1.807) is 48.5 Å². The minimum Gasteiger partial charge on any atom is -0.444 e. The standard InChI is InChI=1S/C26H17ClF3NO3S2/c27-21-11-10-17(14-20(21)26(28,29)30)31-24(32)23(16-6-2-1-3-7-16)34-25(33)19(22-9-5-13-36-22)15-18-8-4-12-35-18/h1-15,23H,(H,31,32)/t23-/m0/s1. The normalized spacial score (nSPS) is 12.7. The maximum atomic E-state index is 13.3. The summed E-state index contributed by atoms with van der Waals surface area (Å²) in [6.45, 7) is 0. The van der Waals surface area contributed by atoms with Crippen LogP contribution in [0.4, 0.5) is 18.9 Å². The number of thiophene rings is 2. The summed E-state index contributed by atoms with van der Waals surface area (Å²) in [6, 6.07) is 18.5. The molecule has 184 valence electrons. The highest BCUT2D eigenvalue weighted by Gasteiger charge is 2.34. The van der Waals surface area contributed by atoms with Gasteiger partial charge in [0.05, 0.1) is 16.2 Å². The van der Waals surface area contributed by atoms with Crippen LogP contribution < -0.4 is 5.32 Å². The summed E-state index contributed by atoms with van der Waals surface area (Å²) in [4.78, 5) is 28.0. The quantitative estimate of drug-likeness (QED) is 0.189. The molecule has 0 unspecified atom stereocenters. The van der Waals surface area contributed by atoms with E-state index in [0.717, 1.165) is 17.0 Å². The monoisotopic (exact) mass is 547 g/mol. The molecule has 0 fully saturated rings. The van der Waals surface area contributed by atoms with Crippen LogP contribution in [-0.4, -0.2) is 11.9 Å². The SMILES string of the molecule is O=C(O[C@H](C(=O)Nc1ccc(Cl)c(C(F)(F)F)c1)c1ccccc1)C(=Cc1cccs1)c1cccs1. The lowest BCUT2D eigenvalue weighted by atomic mass is 10.1. The van der Waals surface area contributed by atoms with Crippen molar-refractivity contribution in [3.63, 3.8) is 0 Å². The number of carbonyl (C=O) groups excluding carboxylic acids is 2. The molecule has 4 nitrogen and oxygen atoms in total. The number of rotatable bonds is 7. The van der Waals surface area contributed by atoms with Crippen LogP contribution in [0.15, 0.2) is 83.6 Å². The van der Waals surface area contributed by atoms with Gasteiger partial charge in [-0.1, -0.05) is 54.1 Å². The molecule has 2 aromatic heterocycles. The number of carbonyl (C=O) groups is 2. The third-order valence-corrected chi connectivity index (χ3v) is 6.99. The van der Waals surface area contributed by atoms with Gasteiger partial charge in [-0.2, -0.15) is 13.2 Å². The van der Waals surface area contributed by atoms with Gasteiger partial charge in [-0.25, -0.2) is 4.79 Å². The van der Waals surface area contributed by atoms with Crippen LogP contribution in [0.1, 0.15) is 27.0 Å². The second-order valence-corrected chi connectivity index (χ2v) is 9.76. The van der Waals surface area contributed by atoms with E-state index in [1.807, 2.05) is 22.9 Å². The Morgan fingerprint density at radius 2 is 1.67 bits per heavy atom. The summed E-state index contributed by atoms with van der Waals surface area (Å²) in [5.74, 6) is -1.56. The predicted octanol–water partition coefficient (Wildman–Crippen LogP) is 7.95. The lowest BCUT2D eigenvalue weighted by molar-refractivity contribution is -0.148. The molecule has 0 saturated heterocycles. The Balaban J connectivity index is 1.64. The number of halogens is 4. The fourth-order valence-electron chi connectivity index (χ4n) is 3.28. The predicted molar refractivity (Wildman–Crippen MR) is 137 cm³/mol. The lowest BCUT2D eigenvalue weighted by Crippen LogP contribution is -2.26. The van der Waals surface area contributed by atoms with Crippen molar-refractivity contribution in [1.82, 2.24) is 0 Å². The van der Waals surface area contributed by atoms with Gasteiger partial charge < -0.3 is 10.1 Å². The molecular formula is C26H17ClF3NO3S2. The minimum absolute atomic E-state index is 0.138. The molecule has 1 amide bonds. The zero-order chi connectivity index (χ0) is 25.7. The van der Waals surface area contributed by atoms with Crippen molar-refractivity contribution >= 4 is 63.5 Å². The van der Waals surface area contributed by atoms with Crippen LogP contribution in [0.5, 0.6) is 0 Å². The fourth-order valence-corrected chi connectivity index (χ4v) is 4.89. The molecule has 0 aliphatic rings. The summed E-state index contributed by atoms with van der Waals surface area (Å²) in [7, 11) is 0. The molecule has 0 radical (unpaired) electrons. The number of esters is 1. The first-order valence-electron chi connectivity index (χ1n) is 10.4. The number of hydrogen-bond donors (Lipinski definition) is 1. The van der Waals surface area contributed by atoms with E-state index < -0.39 is 34.7 Å². The van der Waals surface area contributed by atoms with E-state index in [0.29, 0.717) is 10.4 Å². The van der Waals surface area contributed by atoms with Crippen LogP contribution in [0.2, 0.25) is 5.02 Å². The molecule has 0 saturated carbocycles. The van der Waals surface area contributed by atoms with Gasteiger partial charge in [0.15, 0.2) is 0 Å². The van der Waals surface area contributed by atoms with Crippen LogP contribution in [0.3, 0.4) is 0 Å². The Hall–Kier alpha value is -3.40. The van der Waals surface area contributed by atoms with E-state index in [-0.39, 0.29) is 11.3 Å². The number of ether oxygens (including phenoxy) is 1. The lowest BCUT2D eigenvalue weighted by Gasteiger charge is -2.19. The molecule has 4 rings (SSSR count). The van der Waals surface area contributed by atoms with Gasteiger partial charge in [-0.15, -0.1) is 22.7 Å². The molecule has 0 bridgehead atoms. The van der Waals surface area contributed by atoms with Crippen LogP contribution in [-0.2, 0) is 20.5 Å². The van der Waals surface area contributed by atoms with Crippen molar-refractivity contribution < 1.29 is 27.5 Å². The minimum atomic E-state index is -4.70. The molecule has 0 aliphatic heterocycles. The highest BCUT2D eigenvalue weighted by Crippen LogP contribution is 2.36. The largest absolute Gasteiger partial charge is 0.444 e. The third kappa shape index (κ3) is 6.23. The number of amides is 1. The summed E-state index contributed by atoms with van der Waals surface area (Å²) >= 11 is 8.45. The molecule has 36 heavy (non-hydrogen) atoms. The molecule has 1 N–H and O–H groups in total. The fraction of sp³-hybridized carbons (Fsp3) is 0.0769. The highest BCUT2D eigenvalue weighted by atomic mass is 35.5. The summed E-state index contributed by atoms with van der Waals surface area (Å²) in [6.07, 6.45) is -4.45. The van der Waals surface area contributed by atoms with Gasteiger partial charge in [-0.05, 0) is 47.2 Å². The van der Waals surface area contributed by atoms with Gasteiger partial charge in [0.1, 0.15) is 0 Å². The molecule has 2 heterocycles. The summed E-state index contributed by atoms with van der Waals surface area (Å²) in [5.41, 5.74) is -0.613. The number of alkyl halides is 3. The molecule has 0 aliphatic carbocycles. The highest BCUT2D eigenvalue weighted by molar-refractivity contribution is 7.12. The number of anilines is 1. The van der Waals surface area contributed by atoms with E-state index in [2.05, 4.69) is 5.32 Å². The van der Waals surface area contributed by atoms with Gasteiger partial charge >= 0.3 is 12.1 Å². The molecule has 1 atom stereocenters. The van der Waals surface area contributed by atoms with Gasteiger partial charge in [0, 0.05) is 21.0 Å². The van der Waals surface area contributed by atoms with E-state index >= 15 is 0 Å². The molecular weight excluding hydrogens is 531 g/mol. The average Bonchev–Trinajstić information content (AvgIpc) is 3.56. The molecule has 4 aromatic rings. The Kier molecular flexibility index (Phi) is 7.93. The molecule has 2 aromatic carbocycles. The Morgan fingerprint density at radius 3 is 2.31 bits per heavy atom. The number of benzene rings is 2. The van der Waals surface area contributed by atoms with E-state index in [1.165, 1.54) is 28.7 Å². The Morgan fingerprint density at radius 1 is 0.944 bits per heavy atom. The number of nitrogens with one attached hydrogen (secondary N) is 1. The van der Waals surface area contributed by atoms with Crippen LogP contribution in [0, 0.1) is 0 Å². The van der Waals surface area contributed by atoms with Crippen molar-refractivity contribution in [1.29, 1.82) is 0 Å².